The van der Waals surface area contributed by atoms with Crippen LogP contribution in [0.3, 0.4) is 0 Å². The van der Waals surface area contributed by atoms with E-state index < -0.39 is 0 Å². The summed E-state index contributed by atoms with van der Waals surface area (Å²) in [5, 5.41) is 3.59. The molecule has 8 heteroatoms. The van der Waals surface area contributed by atoms with Gasteiger partial charge in [-0.3, -0.25) is 14.5 Å². The van der Waals surface area contributed by atoms with Gasteiger partial charge in [0.05, 0.1) is 16.3 Å². The van der Waals surface area contributed by atoms with Crippen molar-refractivity contribution in [2.24, 2.45) is 0 Å². The lowest BCUT2D eigenvalue weighted by Crippen LogP contribution is -2.28. The number of carbonyl (C=O) groups excluding carboxylic acids is 2. The number of oxazole rings is 1. The Morgan fingerprint density at radius 2 is 2.00 bits per heavy atom. The molecule has 4 rings (SSSR count). The summed E-state index contributed by atoms with van der Waals surface area (Å²) >= 11 is 4.01. The van der Waals surface area contributed by atoms with Crippen molar-refractivity contribution in [2.45, 2.75) is 13.5 Å². The van der Waals surface area contributed by atoms with E-state index in [-0.39, 0.29) is 17.7 Å². The maximum atomic E-state index is 12.6. The zero-order chi connectivity index (χ0) is 17.4. The van der Waals surface area contributed by atoms with Gasteiger partial charge < -0.3 is 4.42 Å². The molecule has 0 aromatic carbocycles. The van der Waals surface area contributed by atoms with Crippen LogP contribution in [0.15, 0.2) is 44.3 Å². The van der Waals surface area contributed by atoms with E-state index in [0.29, 0.717) is 22.3 Å². The third kappa shape index (κ3) is 3.20. The van der Waals surface area contributed by atoms with Crippen molar-refractivity contribution in [3.8, 4) is 10.8 Å². The van der Waals surface area contributed by atoms with E-state index in [2.05, 4.69) is 4.98 Å². The van der Waals surface area contributed by atoms with E-state index in [9.17, 15) is 9.59 Å². The van der Waals surface area contributed by atoms with E-state index in [4.69, 9.17) is 4.42 Å². The number of aryl methyl sites for hydroxylation is 1. The second kappa shape index (κ2) is 6.62. The zero-order valence-corrected chi connectivity index (χ0v) is 15.5. The highest BCUT2D eigenvalue weighted by atomic mass is 32.2. The van der Waals surface area contributed by atoms with Crippen LogP contribution < -0.4 is 0 Å². The van der Waals surface area contributed by atoms with Crippen LogP contribution in [-0.2, 0) is 11.3 Å². The lowest BCUT2D eigenvalue weighted by Gasteiger charge is -2.10. The number of hydrogen-bond acceptors (Lipinski definition) is 7. The Hall–Kier alpha value is -2.16. The highest BCUT2D eigenvalue weighted by molar-refractivity contribution is 8.18. The van der Waals surface area contributed by atoms with E-state index in [1.807, 2.05) is 35.0 Å². The number of nitrogens with zero attached hydrogens (tertiary/aromatic N) is 2. The van der Waals surface area contributed by atoms with Crippen LogP contribution in [0.4, 0.5) is 4.79 Å². The third-order valence-electron chi connectivity index (χ3n) is 3.62. The molecule has 4 heterocycles. The van der Waals surface area contributed by atoms with Crippen LogP contribution in [0, 0.1) is 6.92 Å². The molecule has 0 saturated carbocycles. The number of hydrogen-bond donors (Lipinski definition) is 0. The van der Waals surface area contributed by atoms with Gasteiger partial charge in [0, 0.05) is 4.88 Å². The summed E-state index contributed by atoms with van der Waals surface area (Å²) in [5.74, 6) is 0.844. The molecule has 1 aliphatic heterocycles. The van der Waals surface area contributed by atoms with Gasteiger partial charge >= 0.3 is 0 Å². The predicted molar refractivity (Wildman–Crippen MR) is 100 cm³/mol. The summed E-state index contributed by atoms with van der Waals surface area (Å²) in [5.41, 5.74) is 0.600. The molecule has 0 unspecified atom stereocenters. The molecule has 1 fully saturated rings. The monoisotopic (exact) mass is 388 g/mol. The smallest absolute Gasteiger partial charge is 0.293 e. The van der Waals surface area contributed by atoms with E-state index in [1.165, 1.54) is 27.6 Å². The molecule has 1 aliphatic rings. The number of amides is 2. The fourth-order valence-electron chi connectivity index (χ4n) is 2.37. The van der Waals surface area contributed by atoms with Gasteiger partial charge in [-0.2, -0.15) is 0 Å². The molecule has 0 bridgehead atoms. The number of rotatable bonds is 4. The van der Waals surface area contributed by atoms with Crippen LogP contribution in [0.25, 0.3) is 16.8 Å². The van der Waals surface area contributed by atoms with Gasteiger partial charge in [0.1, 0.15) is 11.5 Å². The molecule has 1 saturated heterocycles. The topological polar surface area (TPSA) is 63.4 Å². The Bertz CT molecular complexity index is 956. The van der Waals surface area contributed by atoms with Gasteiger partial charge in [0.2, 0.25) is 5.89 Å². The summed E-state index contributed by atoms with van der Waals surface area (Å²) in [6.45, 7) is 1.91. The van der Waals surface area contributed by atoms with Crippen LogP contribution in [-0.4, -0.2) is 21.0 Å². The first-order valence-corrected chi connectivity index (χ1v) is 9.98. The molecular formula is C17H12N2O3S3. The molecule has 3 aromatic rings. The van der Waals surface area contributed by atoms with Gasteiger partial charge in [0.15, 0.2) is 0 Å². The first kappa shape index (κ1) is 16.3. The summed E-state index contributed by atoms with van der Waals surface area (Å²) in [4.78, 5) is 32.8. The highest BCUT2D eigenvalue weighted by Gasteiger charge is 2.36. The summed E-state index contributed by atoms with van der Waals surface area (Å²) in [6, 6.07) is 7.66. The summed E-state index contributed by atoms with van der Waals surface area (Å²) < 4.78 is 5.68. The molecule has 2 amide bonds. The van der Waals surface area contributed by atoms with E-state index >= 15 is 0 Å². The maximum absolute atomic E-state index is 12.6. The van der Waals surface area contributed by atoms with Crippen LogP contribution >= 0.6 is 34.4 Å². The molecular weight excluding hydrogens is 376 g/mol. The Labute approximate surface area is 156 Å². The van der Waals surface area contributed by atoms with Crippen molar-refractivity contribution < 1.29 is 14.0 Å². The average molecular weight is 388 g/mol. The molecule has 0 atom stereocenters. The molecule has 0 N–H and O–H groups in total. The van der Waals surface area contributed by atoms with Gasteiger partial charge in [-0.05, 0) is 47.7 Å². The van der Waals surface area contributed by atoms with Gasteiger partial charge in [-0.1, -0.05) is 12.1 Å². The fraction of sp³-hybridized carbons (Fsp3) is 0.118. The Morgan fingerprint density at radius 1 is 1.20 bits per heavy atom. The third-order valence-corrected chi connectivity index (χ3v) is 6.21. The Morgan fingerprint density at radius 3 is 2.72 bits per heavy atom. The quantitative estimate of drug-likeness (QED) is 0.588. The Kier molecular flexibility index (Phi) is 4.32. The number of aromatic nitrogens is 1. The largest absolute Gasteiger partial charge is 0.440 e. The van der Waals surface area contributed by atoms with E-state index in [1.54, 1.807) is 13.0 Å². The molecule has 5 nitrogen and oxygen atoms in total. The van der Waals surface area contributed by atoms with E-state index in [0.717, 1.165) is 21.5 Å². The number of imide groups is 1. The Balaban J connectivity index is 1.57. The van der Waals surface area contributed by atoms with Crippen LogP contribution in [0.2, 0.25) is 0 Å². The van der Waals surface area contributed by atoms with Gasteiger partial charge in [0.25, 0.3) is 11.1 Å². The highest BCUT2D eigenvalue weighted by Crippen LogP contribution is 2.35. The summed E-state index contributed by atoms with van der Waals surface area (Å²) in [6.07, 6.45) is 1.75. The SMILES string of the molecule is Cc1oc(-c2cccs2)nc1CN1C(=O)S/C(=C\c2cccs2)C1=O. The minimum Gasteiger partial charge on any atom is -0.440 e. The standard InChI is InChI=1S/C17H12N2O3S3/c1-10-12(18-15(22-10)13-5-3-7-24-13)9-19-16(20)14(25-17(19)21)8-11-4-2-6-23-11/h2-8H,9H2,1H3/b14-8-. The molecule has 0 aliphatic carbocycles. The molecule has 126 valence electrons. The lowest BCUT2D eigenvalue weighted by atomic mass is 10.3. The zero-order valence-electron chi connectivity index (χ0n) is 13.1. The lowest BCUT2D eigenvalue weighted by molar-refractivity contribution is -0.123. The average Bonchev–Trinajstić information content (AvgIpc) is 3.35. The second-order valence-corrected chi connectivity index (χ2v) is 8.20. The number of thiophene rings is 2. The van der Waals surface area contributed by atoms with Crippen molar-refractivity contribution in [3.63, 3.8) is 0 Å². The van der Waals surface area contributed by atoms with Crippen molar-refractivity contribution in [2.75, 3.05) is 0 Å². The first-order chi connectivity index (χ1) is 12.1. The predicted octanol–water partition coefficient (Wildman–Crippen LogP) is 5.01. The molecule has 3 aromatic heterocycles. The number of carbonyl (C=O) groups is 2. The fourth-order valence-corrected chi connectivity index (χ4v) is 4.58. The number of thioether (sulfide) groups is 1. The molecule has 25 heavy (non-hydrogen) atoms. The van der Waals surface area contributed by atoms with Crippen molar-refractivity contribution in [3.05, 3.63) is 56.3 Å². The normalized spacial score (nSPS) is 16.4. The molecule has 0 spiro atoms. The minimum absolute atomic E-state index is 0.118. The van der Waals surface area contributed by atoms with Crippen LogP contribution in [0.1, 0.15) is 16.3 Å². The van der Waals surface area contributed by atoms with Gasteiger partial charge in [-0.15, -0.1) is 22.7 Å². The van der Waals surface area contributed by atoms with Crippen molar-refractivity contribution in [1.82, 2.24) is 9.88 Å². The van der Waals surface area contributed by atoms with Crippen LogP contribution in [0.5, 0.6) is 0 Å². The summed E-state index contributed by atoms with van der Waals surface area (Å²) in [7, 11) is 0. The van der Waals surface area contributed by atoms with Crippen molar-refractivity contribution >= 4 is 51.7 Å². The first-order valence-electron chi connectivity index (χ1n) is 7.41. The second-order valence-electron chi connectivity index (χ2n) is 5.28. The maximum Gasteiger partial charge on any atom is 0.293 e. The van der Waals surface area contributed by atoms with Gasteiger partial charge in [-0.25, -0.2) is 4.98 Å². The van der Waals surface area contributed by atoms with Crippen molar-refractivity contribution in [1.29, 1.82) is 0 Å². The minimum atomic E-state index is -0.288. The molecule has 0 radical (unpaired) electrons.